The first-order valence-electron chi connectivity index (χ1n) is 3.84. The SMILES string of the molecule is CO[C@@H]1C[C@@H](O)[C@H](O)C(CO)O1. The van der Waals surface area contributed by atoms with Crippen LogP contribution in [0, 0.1) is 0 Å². The molecule has 1 heterocycles. The molecule has 3 N–H and O–H groups in total. The van der Waals surface area contributed by atoms with E-state index < -0.39 is 24.6 Å². The van der Waals surface area contributed by atoms with Crippen molar-refractivity contribution in [3.05, 3.63) is 0 Å². The largest absolute Gasteiger partial charge is 0.394 e. The van der Waals surface area contributed by atoms with Crippen molar-refractivity contribution in [2.24, 2.45) is 0 Å². The monoisotopic (exact) mass is 178 g/mol. The van der Waals surface area contributed by atoms with E-state index in [1.54, 1.807) is 0 Å². The predicted molar refractivity (Wildman–Crippen MR) is 39.4 cm³/mol. The third-order valence-electron chi connectivity index (χ3n) is 1.98. The molecule has 0 saturated carbocycles. The Labute approximate surface area is 70.5 Å². The fourth-order valence-corrected chi connectivity index (χ4v) is 1.22. The van der Waals surface area contributed by atoms with Crippen LogP contribution in [0.25, 0.3) is 0 Å². The molecular formula is C7H14O5. The van der Waals surface area contributed by atoms with Crippen molar-refractivity contribution in [2.45, 2.75) is 31.0 Å². The van der Waals surface area contributed by atoms with Crippen LogP contribution >= 0.6 is 0 Å². The minimum Gasteiger partial charge on any atom is -0.394 e. The average Bonchev–Trinajstić information content (AvgIpc) is 2.09. The normalized spacial score (nSPS) is 43.0. The molecule has 4 atom stereocenters. The summed E-state index contributed by atoms with van der Waals surface area (Å²) in [5, 5.41) is 27.3. The summed E-state index contributed by atoms with van der Waals surface area (Å²) in [6.45, 7) is -0.321. The van der Waals surface area contributed by atoms with E-state index >= 15 is 0 Å². The van der Waals surface area contributed by atoms with E-state index in [2.05, 4.69) is 0 Å². The summed E-state index contributed by atoms with van der Waals surface area (Å²) in [4.78, 5) is 0. The summed E-state index contributed by atoms with van der Waals surface area (Å²) >= 11 is 0. The molecule has 5 nitrogen and oxygen atoms in total. The van der Waals surface area contributed by atoms with Gasteiger partial charge in [-0.15, -0.1) is 0 Å². The topological polar surface area (TPSA) is 79.2 Å². The van der Waals surface area contributed by atoms with Gasteiger partial charge in [0.1, 0.15) is 12.2 Å². The number of methoxy groups -OCH3 is 1. The first-order valence-corrected chi connectivity index (χ1v) is 3.84. The highest BCUT2D eigenvalue weighted by atomic mass is 16.7. The second-order valence-corrected chi connectivity index (χ2v) is 2.82. The summed E-state index contributed by atoms with van der Waals surface area (Å²) in [5.74, 6) is 0. The van der Waals surface area contributed by atoms with Crippen LogP contribution in [0.3, 0.4) is 0 Å². The number of aliphatic hydroxyl groups excluding tert-OH is 3. The summed E-state index contributed by atoms with van der Waals surface area (Å²) < 4.78 is 9.92. The third-order valence-corrected chi connectivity index (χ3v) is 1.98. The molecule has 0 aromatic heterocycles. The number of hydrogen-bond acceptors (Lipinski definition) is 5. The molecule has 0 bridgehead atoms. The maximum atomic E-state index is 9.26. The van der Waals surface area contributed by atoms with Crippen LogP contribution in [0.5, 0.6) is 0 Å². The Balaban J connectivity index is 2.52. The van der Waals surface area contributed by atoms with Crippen LogP contribution in [0.15, 0.2) is 0 Å². The lowest BCUT2D eigenvalue weighted by molar-refractivity contribution is -0.248. The molecule has 12 heavy (non-hydrogen) atoms. The lowest BCUT2D eigenvalue weighted by atomic mass is 10.0. The summed E-state index contributed by atoms with van der Waals surface area (Å²) in [6, 6.07) is 0. The summed E-state index contributed by atoms with van der Waals surface area (Å²) in [7, 11) is 1.45. The van der Waals surface area contributed by atoms with E-state index in [0.29, 0.717) is 0 Å². The zero-order valence-corrected chi connectivity index (χ0v) is 6.88. The van der Waals surface area contributed by atoms with Crippen molar-refractivity contribution < 1.29 is 24.8 Å². The maximum absolute atomic E-state index is 9.26. The van der Waals surface area contributed by atoms with E-state index in [1.165, 1.54) is 7.11 Å². The Bertz CT molecular complexity index is 140. The van der Waals surface area contributed by atoms with Crippen molar-refractivity contribution in [3.63, 3.8) is 0 Å². The molecule has 1 aliphatic rings. The van der Waals surface area contributed by atoms with E-state index in [4.69, 9.17) is 14.6 Å². The fraction of sp³-hybridized carbons (Fsp3) is 1.00. The van der Waals surface area contributed by atoms with Gasteiger partial charge >= 0.3 is 0 Å². The molecule has 1 unspecified atom stereocenters. The molecule has 0 spiro atoms. The molecule has 0 aromatic rings. The highest BCUT2D eigenvalue weighted by molar-refractivity contribution is 4.81. The standard InChI is InChI=1S/C7H14O5/c1-11-6-2-4(9)7(10)5(3-8)12-6/h4-10H,2-3H2,1H3/t4-,5?,6+,7+/m1/s1. The second-order valence-electron chi connectivity index (χ2n) is 2.82. The van der Waals surface area contributed by atoms with Gasteiger partial charge in [-0.05, 0) is 0 Å². The van der Waals surface area contributed by atoms with Crippen molar-refractivity contribution in [3.8, 4) is 0 Å². The number of hydrogen-bond donors (Lipinski definition) is 3. The van der Waals surface area contributed by atoms with E-state index in [9.17, 15) is 10.2 Å². The molecule has 0 amide bonds. The van der Waals surface area contributed by atoms with Gasteiger partial charge in [-0.1, -0.05) is 0 Å². The van der Waals surface area contributed by atoms with E-state index in [1.807, 2.05) is 0 Å². The van der Waals surface area contributed by atoms with Crippen LogP contribution in [0.4, 0.5) is 0 Å². The zero-order valence-electron chi connectivity index (χ0n) is 6.88. The minimum atomic E-state index is -1.03. The van der Waals surface area contributed by atoms with Crippen molar-refractivity contribution >= 4 is 0 Å². The van der Waals surface area contributed by atoms with Crippen molar-refractivity contribution in [1.82, 2.24) is 0 Å². The predicted octanol–water partition coefficient (Wildman–Crippen LogP) is -1.54. The Morgan fingerprint density at radius 1 is 1.50 bits per heavy atom. The van der Waals surface area contributed by atoms with Gasteiger partial charge in [-0.25, -0.2) is 0 Å². The zero-order chi connectivity index (χ0) is 9.14. The molecule has 0 aromatic carbocycles. The van der Waals surface area contributed by atoms with E-state index in [0.717, 1.165) is 0 Å². The molecule has 1 fully saturated rings. The van der Waals surface area contributed by atoms with Crippen molar-refractivity contribution in [2.75, 3.05) is 13.7 Å². The Morgan fingerprint density at radius 2 is 2.17 bits per heavy atom. The molecule has 0 radical (unpaired) electrons. The molecule has 72 valence electrons. The van der Waals surface area contributed by atoms with Gasteiger partial charge in [0.15, 0.2) is 6.29 Å². The van der Waals surface area contributed by atoms with Gasteiger partial charge in [0.2, 0.25) is 0 Å². The third kappa shape index (κ3) is 1.94. The van der Waals surface area contributed by atoms with E-state index in [-0.39, 0.29) is 13.0 Å². The molecule has 1 rings (SSSR count). The molecular weight excluding hydrogens is 164 g/mol. The van der Waals surface area contributed by atoms with Gasteiger partial charge in [0, 0.05) is 13.5 Å². The summed E-state index contributed by atoms with van der Waals surface area (Å²) in [6.07, 6.45) is -2.98. The van der Waals surface area contributed by atoms with Crippen LogP contribution in [0.2, 0.25) is 0 Å². The quantitative estimate of drug-likeness (QED) is 0.477. The van der Waals surface area contributed by atoms with Crippen LogP contribution in [-0.4, -0.2) is 53.6 Å². The Hall–Kier alpha value is -0.200. The van der Waals surface area contributed by atoms with Crippen LogP contribution < -0.4 is 0 Å². The molecule has 1 aliphatic heterocycles. The van der Waals surface area contributed by atoms with Gasteiger partial charge < -0.3 is 24.8 Å². The highest BCUT2D eigenvalue weighted by Crippen LogP contribution is 2.20. The van der Waals surface area contributed by atoms with Crippen LogP contribution in [-0.2, 0) is 9.47 Å². The smallest absolute Gasteiger partial charge is 0.160 e. The minimum absolute atomic E-state index is 0.230. The molecule has 5 heteroatoms. The average molecular weight is 178 g/mol. The first kappa shape index (κ1) is 9.88. The number of ether oxygens (including phenoxy) is 2. The van der Waals surface area contributed by atoms with Gasteiger partial charge in [-0.2, -0.15) is 0 Å². The molecule has 0 aliphatic carbocycles. The first-order chi connectivity index (χ1) is 5.69. The lowest BCUT2D eigenvalue weighted by Crippen LogP contribution is -2.50. The van der Waals surface area contributed by atoms with Gasteiger partial charge in [-0.3, -0.25) is 0 Å². The lowest BCUT2D eigenvalue weighted by Gasteiger charge is -2.35. The van der Waals surface area contributed by atoms with Gasteiger partial charge in [0.25, 0.3) is 0 Å². The van der Waals surface area contributed by atoms with Gasteiger partial charge in [0.05, 0.1) is 12.7 Å². The van der Waals surface area contributed by atoms with Crippen molar-refractivity contribution in [1.29, 1.82) is 0 Å². The maximum Gasteiger partial charge on any atom is 0.160 e. The summed E-state index contributed by atoms with van der Waals surface area (Å²) in [5.41, 5.74) is 0. The van der Waals surface area contributed by atoms with Crippen LogP contribution in [0.1, 0.15) is 6.42 Å². The Morgan fingerprint density at radius 3 is 2.67 bits per heavy atom. The second kappa shape index (κ2) is 4.15. The number of rotatable bonds is 2. The highest BCUT2D eigenvalue weighted by Gasteiger charge is 2.36. The Kier molecular flexibility index (Phi) is 3.42. The fourth-order valence-electron chi connectivity index (χ4n) is 1.22. The molecule has 1 saturated heterocycles. The number of aliphatic hydroxyl groups is 3.